The molecule has 1 N–H and O–H groups in total. The number of nitro benzene ring substituents is 1. The van der Waals surface area contributed by atoms with Crippen molar-refractivity contribution in [3.63, 3.8) is 0 Å². The topological polar surface area (TPSA) is 68.1 Å². The quantitative estimate of drug-likeness (QED) is 0.437. The molecule has 0 radical (unpaired) electrons. The van der Waals surface area contributed by atoms with Crippen LogP contribution in [-0.4, -0.2) is 17.0 Å². The fourth-order valence-corrected chi connectivity index (χ4v) is 2.53. The van der Waals surface area contributed by atoms with Crippen molar-refractivity contribution in [2.75, 3.05) is 12.4 Å². The number of fused-ring (bicyclic) bond motifs is 2. The smallest absolute Gasteiger partial charge is 0.270 e. The van der Waals surface area contributed by atoms with Crippen LogP contribution in [0.4, 0.5) is 11.4 Å². The van der Waals surface area contributed by atoms with E-state index in [1.807, 2.05) is 32.2 Å². The molecule has 0 saturated carbocycles. The predicted octanol–water partition coefficient (Wildman–Crippen LogP) is 3.65. The molecule has 3 rings (SSSR count). The van der Waals surface area contributed by atoms with Gasteiger partial charge in [-0.15, -0.1) is 0 Å². The van der Waals surface area contributed by atoms with Gasteiger partial charge in [0.05, 0.1) is 21.6 Å². The second-order valence-electron chi connectivity index (χ2n) is 4.66. The first-order valence-electron chi connectivity index (χ1n) is 6.27. The molecule has 0 aliphatic heterocycles. The number of anilines is 1. The molecule has 0 amide bonds. The summed E-state index contributed by atoms with van der Waals surface area (Å²) in [4.78, 5) is 15.1. The van der Waals surface area contributed by atoms with Crippen LogP contribution in [-0.2, 0) is 0 Å². The molecule has 1 aromatic heterocycles. The molecule has 0 bridgehead atoms. The van der Waals surface area contributed by atoms with Gasteiger partial charge in [0.2, 0.25) is 0 Å². The Kier molecular flexibility index (Phi) is 2.75. The van der Waals surface area contributed by atoms with E-state index < -0.39 is 0 Å². The van der Waals surface area contributed by atoms with E-state index in [4.69, 9.17) is 0 Å². The summed E-state index contributed by atoms with van der Waals surface area (Å²) in [6.07, 6.45) is 0. The molecule has 0 aliphatic carbocycles. The Balaban J connectivity index is 2.50. The highest BCUT2D eigenvalue weighted by molar-refractivity contribution is 6.09. The molecule has 0 saturated heterocycles. The minimum atomic E-state index is -0.388. The van der Waals surface area contributed by atoms with Gasteiger partial charge in [-0.05, 0) is 24.6 Å². The summed E-state index contributed by atoms with van der Waals surface area (Å²) in [5.74, 6) is 0. The number of hydrogen-bond donors (Lipinski definition) is 1. The van der Waals surface area contributed by atoms with Crippen molar-refractivity contribution in [3.05, 3.63) is 52.1 Å². The maximum atomic E-state index is 10.9. The lowest BCUT2D eigenvalue weighted by Crippen LogP contribution is -1.97. The molecule has 0 fully saturated rings. The molecule has 2 aromatic carbocycles. The number of aryl methyl sites for hydroxylation is 1. The number of pyridine rings is 1. The Hall–Kier alpha value is -2.69. The predicted molar refractivity (Wildman–Crippen MR) is 80.2 cm³/mol. The highest BCUT2D eigenvalue weighted by Crippen LogP contribution is 2.34. The molecule has 3 aromatic rings. The van der Waals surface area contributed by atoms with Gasteiger partial charge in [-0.2, -0.15) is 0 Å². The highest BCUT2D eigenvalue weighted by atomic mass is 16.6. The molecule has 0 atom stereocenters. The maximum absolute atomic E-state index is 10.9. The minimum absolute atomic E-state index is 0.0729. The van der Waals surface area contributed by atoms with Gasteiger partial charge in [-0.1, -0.05) is 12.1 Å². The Labute approximate surface area is 115 Å². The van der Waals surface area contributed by atoms with Crippen molar-refractivity contribution in [3.8, 4) is 0 Å². The molecule has 5 heteroatoms. The number of nitrogens with zero attached hydrogens (tertiary/aromatic N) is 2. The van der Waals surface area contributed by atoms with E-state index in [-0.39, 0.29) is 10.6 Å². The minimum Gasteiger partial charge on any atom is -0.387 e. The first-order valence-corrected chi connectivity index (χ1v) is 6.27. The van der Waals surface area contributed by atoms with Crippen LogP contribution in [0.15, 0.2) is 36.4 Å². The zero-order valence-corrected chi connectivity index (χ0v) is 11.2. The van der Waals surface area contributed by atoms with Crippen LogP contribution in [0.3, 0.4) is 0 Å². The molecule has 0 unspecified atom stereocenters. The summed E-state index contributed by atoms with van der Waals surface area (Å²) in [6, 6.07) is 10.7. The van der Waals surface area contributed by atoms with Crippen LogP contribution in [0.5, 0.6) is 0 Å². The van der Waals surface area contributed by atoms with E-state index in [1.54, 1.807) is 12.1 Å². The summed E-state index contributed by atoms with van der Waals surface area (Å²) < 4.78 is 0. The van der Waals surface area contributed by atoms with Crippen LogP contribution in [0.1, 0.15) is 5.56 Å². The van der Waals surface area contributed by atoms with E-state index in [0.29, 0.717) is 0 Å². The van der Waals surface area contributed by atoms with Gasteiger partial charge in [0.25, 0.3) is 5.69 Å². The van der Waals surface area contributed by atoms with Crippen LogP contribution >= 0.6 is 0 Å². The van der Waals surface area contributed by atoms with E-state index in [1.165, 1.54) is 6.07 Å². The number of rotatable bonds is 2. The third-order valence-corrected chi connectivity index (χ3v) is 3.45. The van der Waals surface area contributed by atoms with Crippen molar-refractivity contribution in [1.29, 1.82) is 0 Å². The number of hydrogen-bond acceptors (Lipinski definition) is 4. The Bertz CT molecular complexity index is 843. The second kappa shape index (κ2) is 4.45. The average molecular weight is 267 g/mol. The van der Waals surface area contributed by atoms with Crippen molar-refractivity contribution < 1.29 is 4.92 Å². The molecule has 100 valence electrons. The SMILES string of the molecule is CNc1c2cc([N+](=O)[O-])ccc2nc2cccc(C)c12. The number of benzene rings is 2. The zero-order valence-electron chi connectivity index (χ0n) is 11.2. The van der Waals surface area contributed by atoms with Gasteiger partial charge in [-0.3, -0.25) is 10.1 Å². The third kappa shape index (κ3) is 1.75. The Morgan fingerprint density at radius 2 is 2.00 bits per heavy atom. The van der Waals surface area contributed by atoms with Gasteiger partial charge in [0, 0.05) is 30.0 Å². The van der Waals surface area contributed by atoms with Crippen molar-refractivity contribution in [1.82, 2.24) is 4.98 Å². The lowest BCUT2D eigenvalue weighted by atomic mass is 10.0. The van der Waals surface area contributed by atoms with E-state index in [0.717, 1.165) is 33.1 Å². The Morgan fingerprint density at radius 1 is 1.20 bits per heavy atom. The monoisotopic (exact) mass is 267 g/mol. The molecule has 0 aliphatic rings. The maximum Gasteiger partial charge on any atom is 0.270 e. The van der Waals surface area contributed by atoms with Crippen molar-refractivity contribution in [2.24, 2.45) is 0 Å². The summed E-state index contributed by atoms with van der Waals surface area (Å²) in [6.45, 7) is 2.01. The molecule has 0 spiro atoms. The number of nitro groups is 1. The number of non-ortho nitro benzene ring substituents is 1. The summed E-state index contributed by atoms with van der Waals surface area (Å²) in [7, 11) is 1.82. The molecular formula is C15H13N3O2. The van der Waals surface area contributed by atoms with Crippen molar-refractivity contribution in [2.45, 2.75) is 6.92 Å². The summed E-state index contributed by atoms with van der Waals surface area (Å²) in [5.41, 5.74) is 3.68. The number of aromatic nitrogens is 1. The molecule has 5 nitrogen and oxygen atoms in total. The van der Waals surface area contributed by atoms with Gasteiger partial charge in [0.15, 0.2) is 0 Å². The third-order valence-electron chi connectivity index (χ3n) is 3.45. The molecule has 20 heavy (non-hydrogen) atoms. The van der Waals surface area contributed by atoms with Gasteiger partial charge in [0.1, 0.15) is 0 Å². The van der Waals surface area contributed by atoms with E-state index in [9.17, 15) is 10.1 Å². The molecule has 1 heterocycles. The average Bonchev–Trinajstić information content (AvgIpc) is 2.44. The normalized spacial score (nSPS) is 10.9. The largest absolute Gasteiger partial charge is 0.387 e. The lowest BCUT2D eigenvalue weighted by molar-refractivity contribution is -0.384. The van der Waals surface area contributed by atoms with Gasteiger partial charge in [-0.25, -0.2) is 4.98 Å². The number of nitrogens with one attached hydrogen (secondary N) is 1. The van der Waals surface area contributed by atoms with Gasteiger partial charge < -0.3 is 5.32 Å². The zero-order chi connectivity index (χ0) is 14.3. The van der Waals surface area contributed by atoms with Crippen LogP contribution in [0.25, 0.3) is 21.8 Å². The standard InChI is InChI=1S/C15H13N3O2/c1-9-4-3-5-13-14(9)15(16-2)11-8-10(18(19)20)6-7-12(11)17-13/h3-8H,1-2H3,(H,16,17). The van der Waals surface area contributed by atoms with Crippen LogP contribution < -0.4 is 5.32 Å². The second-order valence-corrected chi connectivity index (χ2v) is 4.66. The summed E-state index contributed by atoms with van der Waals surface area (Å²) in [5, 5.41) is 15.9. The summed E-state index contributed by atoms with van der Waals surface area (Å²) >= 11 is 0. The first-order chi connectivity index (χ1) is 9.61. The van der Waals surface area contributed by atoms with E-state index in [2.05, 4.69) is 10.3 Å². The molecular weight excluding hydrogens is 254 g/mol. The van der Waals surface area contributed by atoms with Crippen molar-refractivity contribution >= 4 is 33.2 Å². The van der Waals surface area contributed by atoms with E-state index >= 15 is 0 Å². The first kappa shape index (κ1) is 12.3. The lowest BCUT2D eigenvalue weighted by Gasteiger charge is -2.12. The fourth-order valence-electron chi connectivity index (χ4n) is 2.53. The Morgan fingerprint density at radius 3 is 2.70 bits per heavy atom. The highest BCUT2D eigenvalue weighted by Gasteiger charge is 2.13. The fraction of sp³-hybridized carbons (Fsp3) is 0.133. The van der Waals surface area contributed by atoms with Crippen LogP contribution in [0.2, 0.25) is 0 Å². The van der Waals surface area contributed by atoms with Crippen LogP contribution in [0, 0.1) is 17.0 Å². The van der Waals surface area contributed by atoms with Gasteiger partial charge >= 0.3 is 0 Å².